The summed E-state index contributed by atoms with van der Waals surface area (Å²) in [4.78, 5) is 39.6. The summed E-state index contributed by atoms with van der Waals surface area (Å²) in [7, 11) is 0. The summed E-state index contributed by atoms with van der Waals surface area (Å²) in [5, 5.41) is 11.1. The van der Waals surface area contributed by atoms with E-state index in [1.54, 1.807) is 0 Å². The molecule has 4 atom stereocenters. The Balaban J connectivity index is 1.65. The predicted octanol–water partition coefficient (Wildman–Crippen LogP) is 5.23. The monoisotopic (exact) mass is 438 g/mol. The Labute approximate surface area is 191 Å². The van der Waals surface area contributed by atoms with Gasteiger partial charge in [-0.05, 0) is 30.2 Å². The van der Waals surface area contributed by atoms with Gasteiger partial charge in [-0.15, -0.1) is 0 Å². The maximum absolute atomic E-state index is 14.0. The molecule has 33 heavy (non-hydrogen) atoms. The van der Waals surface area contributed by atoms with E-state index < -0.39 is 16.3 Å². The second-order valence-electron chi connectivity index (χ2n) is 8.72. The minimum atomic E-state index is -1.00. The van der Waals surface area contributed by atoms with Gasteiger partial charge in [-0.1, -0.05) is 72.8 Å². The molecule has 1 fully saturated rings. The second kappa shape index (κ2) is 7.81. The lowest BCUT2D eigenvalue weighted by Gasteiger charge is -2.41. The van der Waals surface area contributed by atoms with Crippen LogP contribution in [0.25, 0.3) is 0 Å². The van der Waals surface area contributed by atoms with Gasteiger partial charge < -0.3 is 0 Å². The number of fused-ring (bicyclic) bond motifs is 1. The smallest absolute Gasteiger partial charge is 0.269 e. The van der Waals surface area contributed by atoms with Crippen molar-refractivity contribution in [2.24, 2.45) is 11.3 Å². The number of hydrogen-bond acceptors (Lipinski definition) is 4. The number of carbonyl (C=O) groups excluding carboxylic acids is 2. The molecule has 2 aliphatic rings. The lowest BCUT2D eigenvalue weighted by Crippen LogP contribution is -2.42. The Morgan fingerprint density at radius 1 is 0.818 bits per heavy atom. The third kappa shape index (κ3) is 3.18. The van der Waals surface area contributed by atoms with Crippen molar-refractivity contribution < 1.29 is 14.5 Å². The fourth-order valence-electron chi connectivity index (χ4n) is 5.33. The first-order valence-electron chi connectivity index (χ1n) is 10.8. The minimum Gasteiger partial charge on any atom is -0.274 e. The molecule has 1 saturated heterocycles. The van der Waals surface area contributed by atoms with Crippen molar-refractivity contribution in [2.75, 3.05) is 4.90 Å². The topological polar surface area (TPSA) is 80.5 Å². The Morgan fingerprint density at radius 3 is 1.97 bits per heavy atom. The van der Waals surface area contributed by atoms with E-state index >= 15 is 0 Å². The quantitative estimate of drug-likeness (QED) is 0.242. The van der Waals surface area contributed by atoms with Crippen molar-refractivity contribution in [1.82, 2.24) is 0 Å². The Kier molecular flexibility index (Phi) is 4.93. The van der Waals surface area contributed by atoms with E-state index in [2.05, 4.69) is 0 Å². The van der Waals surface area contributed by atoms with Crippen LogP contribution in [-0.4, -0.2) is 16.7 Å². The van der Waals surface area contributed by atoms with Crippen molar-refractivity contribution >= 4 is 23.2 Å². The number of allylic oxidation sites excluding steroid dienone is 2. The first-order chi connectivity index (χ1) is 15.9. The highest BCUT2D eigenvalue weighted by Crippen LogP contribution is 2.57. The lowest BCUT2D eigenvalue weighted by atomic mass is 9.58. The number of imide groups is 1. The molecule has 0 spiro atoms. The molecule has 164 valence electrons. The van der Waals surface area contributed by atoms with Crippen LogP contribution in [0.5, 0.6) is 0 Å². The molecule has 3 aromatic rings. The van der Waals surface area contributed by atoms with Crippen LogP contribution in [0.1, 0.15) is 29.9 Å². The molecule has 6 nitrogen and oxygen atoms in total. The lowest BCUT2D eigenvalue weighted by molar-refractivity contribution is -0.384. The van der Waals surface area contributed by atoms with Crippen LogP contribution >= 0.6 is 0 Å². The number of nitro benzene ring substituents is 1. The number of anilines is 1. The summed E-state index contributed by atoms with van der Waals surface area (Å²) in [6.45, 7) is 1.88. The van der Waals surface area contributed by atoms with Gasteiger partial charge in [0.1, 0.15) is 0 Å². The second-order valence-corrected chi connectivity index (χ2v) is 8.72. The standard InChI is InChI=1S/C27H22N2O4/c1-27-23(19-10-6-3-7-11-19)17-16-22(18-8-4-2-5-9-18)24(27)25(30)28(26(27)31)20-12-14-21(15-13-20)29(32)33/h2-17,22-24H,1H3/t22-,23-,24+,27-/m1/s1. The zero-order valence-corrected chi connectivity index (χ0v) is 18.0. The predicted molar refractivity (Wildman–Crippen MR) is 125 cm³/mol. The average molecular weight is 438 g/mol. The van der Waals surface area contributed by atoms with E-state index in [0.717, 1.165) is 11.1 Å². The van der Waals surface area contributed by atoms with Gasteiger partial charge in [-0.25, -0.2) is 4.90 Å². The van der Waals surface area contributed by atoms with E-state index in [9.17, 15) is 19.7 Å². The van der Waals surface area contributed by atoms with Crippen LogP contribution in [0.3, 0.4) is 0 Å². The van der Waals surface area contributed by atoms with Gasteiger partial charge in [0.25, 0.3) is 5.69 Å². The third-order valence-corrected chi connectivity index (χ3v) is 6.97. The van der Waals surface area contributed by atoms with Gasteiger partial charge in [0.15, 0.2) is 0 Å². The molecular formula is C27H22N2O4. The third-order valence-electron chi connectivity index (χ3n) is 6.97. The fourth-order valence-corrected chi connectivity index (χ4v) is 5.33. The normalized spacial score (nSPS) is 26.3. The summed E-state index contributed by atoms with van der Waals surface area (Å²) in [5.41, 5.74) is 1.20. The number of hydrogen-bond donors (Lipinski definition) is 0. The van der Waals surface area contributed by atoms with E-state index in [-0.39, 0.29) is 29.3 Å². The maximum atomic E-state index is 14.0. The summed E-state index contributed by atoms with van der Waals surface area (Å²) in [6.07, 6.45) is 4.10. The Bertz CT molecular complexity index is 1250. The van der Waals surface area contributed by atoms with Gasteiger partial charge in [-0.2, -0.15) is 0 Å². The average Bonchev–Trinajstić information content (AvgIpc) is 3.05. The molecule has 0 saturated carbocycles. The SMILES string of the molecule is C[C@]12C(=O)N(c3ccc([N+](=O)[O-])cc3)C(=O)[C@@H]1[C@@H](c1ccccc1)C=C[C@@H]2c1ccccc1. The first-order valence-corrected chi connectivity index (χ1v) is 10.8. The van der Waals surface area contributed by atoms with Crippen molar-refractivity contribution in [2.45, 2.75) is 18.8 Å². The van der Waals surface area contributed by atoms with Gasteiger partial charge in [0, 0.05) is 24.0 Å². The molecule has 3 aromatic carbocycles. The highest BCUT2D eigenvalue weighted by molar-refractivity contribution is 6.24. The maximum Gasteiger partial charge on any atom is 0.269 e. The molecule has 1 aliphatic heterocycles. The zero-order valence-electron chi connectivity index (χ0n) is 18.0. The van der Waals surface area contributed by atoms with E-state index in [1.165, 1.54) is 29.2 Å². The number of nitro groups is 1. The molecule has 6 heteroatoms. The van der Waals surface area contributed by atoms with Crippen LogP contribution in [0.4, 0.5) is 11.4 Å². The van der Waals surface area contributed by atoms with Gasteiger partial charge >= 0.3 is 0 Å². The van der Waals surface area contributed by atoms with Gasteiger partial charge in [0.2, 0.25) is 11.8 Å². The Hall–Kier alpha value is -4.06. The largest absolute Gasteiger partial charge is 0.274 e. The summed E-state index contributed by atoms with van der Waals surface area (Å²) in [6, 6.07) is 25.1. The summed E-state index contributed by atoms with van der Waals surface area (Å²) < 4.78 is 0. The number of rotatable bonds is 4. The zero-order chi connectivity index (χ0) is 23.2. The summed E-state index contributed by atoms with van der Waals surface area (Å²) >= 11 is 0. The molecule has 0 bridgehead atoms. The Morgan fingerprint density at radius 2 is 1.39 bits per heavy atom. The molecule has 0 radical (unpaired) electrons. The summed E-state index contributed by atoms with van der Waals surface area (Å²) in [5.74, 6) is -1.70. The molecule has 5 rings (SSSR count). The van der Waals surface area contributed by atoms with E-state index in [0.29, 0.717) is 5.69 Å². The molecule has 0 unspecified atom stereocenters. The fraction of sp³-hybridized carbons (Fsp3) is 0.185. The highest BCUT2D eigenvalue weighted by Gasteiger charge is 2.63. The van der Waals surface area contributed by atoms with Crippen LogP contribution in [0.15, 0.2) is 97.1 Å². The number of benzene rings is 3. The molecule has 0 aromatic heterocycles. The molecule has 1 aliphatic carbocycles. The van der Waals surface area contributed by atoms with Crippen molar-refractivity contribution in [3.63, 3.8) is 0 Å². The van der Waals surface area contributed by atoms with E-state index in [1.807, 2.05) is 79.7 Å². The van der Waals surface area contributed by atoms with E-state index in [4.69, 9.17) is 0 Å². The number of nitrogens with zero attached hydrogens (tertiary/aromatic N) is 2. The first kappa shape index (κ1) is 20.8. The van der Waals surface area contributed by atoms with Gasteiger partial charge in [-0.3, -0.25) is 19.7 Å². The molecular weight excluding hydrogens is 416 g/mol. The molecule has 1 heterocycles. The van der Waals surface area contributed by atoms with Crippen LogP contribution < -0.4 is 4.90 Å². The minimum absolute atomic E-state index is 0.0903. The van der Waals surface area contributed by atoms with Crippen LogP contribution in [0, 0.1) is 21.4 Å². The van der Waals surface area contributed by atoms with Gasteiger partial charge in [0.05, 0.1) is 21.9 Å². The number of amides is 2. The van der Waals surface area contributed by atoms with Crippen LogP contribution in [-0.2, 0) is 9.59 Å². The van der Waals surface area contributed by atoms with Crippen molar-refractivity contribution in [1.29, 1.82) is 0 Å². The van der Waals surface area contributed by atoms with Crippen LogP contribution in [0.2, 0.25) is 0 Å². The van der Waals surface area contributed by atoms with Crippen molar-refractivity contribution in [3.8, 4) is 0 Å². The highest BCUT2D eigenvalue weighted by atomic mass is 16.6. The molecule has 2 amide bonds. The molecule has 0 N–H and O–H groups in total. The number of non-ortho nitro benzene ring substituents is 1. The van der Waals surface area contributed by atoms with Crippen molar-refractivity contribution in [3.05, 3.63) is 118 Å². The number of carbonyl (C=O) groups is 2.